The largest absolute Gasteiger partial charge is 0.355 e. The van der Waals surface area contributed by atoms with Crippen molar-refractivity contribution < 1.29 is 9.59 Å². The highest BCUT2D eigenvalue weighted by Gasteiger charge is 2.09. The molecule has 0 saturated carbocycles. The van der Waals surface area contributed by atoms with E-state index in [0.29, 0.717) is 11.1 Å². The van der Waals surface area contributed by atoms with Crippen LogP contribution in [0.5, 0.6) is 0 Å². The van der Waals surface area contributed by atoms with Crippen molar-refractivity contribution in [3.63, 3.8) is 0 Å². The molecule has 92 valence electrons. The second-order valence-electron chi connectivity index (χ2n) is 3.94. The lowest BCUT2D eigenvalue weighted by Crippen LogP contribution is -2.31. The van der Waals surface area contributed by atoms with E-state index in [4.69, 9.17) is 0 Å². The first kappa shape index (κ1) is 13.2. The average molecular weight is 234 g/mol. The maximum absolute atomic E-state index is 11.8. The van der Waals surface area contributed by atoms with E-state index in [0.717, 1.165) is 6.42 Å². The Labute approximate surface area is 101 Å². The molecule has 4 nitrogen and oxygen atoms in total. The van der Waals surface area contributed by atoms with Gasteiger partial charge < -0.3 is 10.6 Å². The lowest BCUT2D eigenvalue weighted by Gasteiger charge is -2.11. The van der Waals surface area contributed by atoms with E-state index in [2.05, 4.69) is 10.6 Å². The van der Waals surface area contributed by atoms with E-state index in [1.165, 1.54) is 0 Å². The Hall–Kier alpha value is -1.84. The number of hydrogen-bond donors (Lipinski definition) is 2. The van der Waals surface area contributed by atoms with Crippen LogP contribution in [0.1, 0.15) is 41.0 Å². The van der Waals surface area contributed by atoms with Crippen LogP contribution in [-0.2, 0) is 0 Å². The minimum Gasteiger partial charge on any atom is -0.355 e. The summed E-state index contributed by atoms with van der Waals surface area (Å²) in [6.07, 6.45) is 0.891. The molecule has 0 radical (unpaired) electrons. The normalized spacial score (nSPS) is 11.7. The van der Waals surface area contributed by atoms with Crippen LogP contribution >= 0.6 is 0 Å². The Morgan fingerprint density at radius 1 is 1.12 bits per heavy atom. The predicted molar refractivity (Wildman–Crippen MR) is 67.1 cm³/mol. The maximum atomic E-state index is 11.8. The van der Waals surface area contributed by atoms with Gasteiger partial charge in [-0.2, -0.15) is 0 Å². The van der Waals surface area contributed by atoms with Crippen molar-refractivity contribution in [2.75, 3.05) is 7.05 Å². The fourth-order valence-corrected chi connectivity index (χ4v) is 1.33. The summed E-state index contributed by atoms with van der Waals surface area (Å²) in [7, 11) is 1.58. The molecule has 1 aromatic carbocycles. The number of hydrogen-bond acceptors (Lipinski definition) is 2. The number of benzene rings is 1. The second-order valence-corrected chi connectivity index (χ2v) is 3.94. The fraction of sp³-hybridized carbons (Fsp3) is 0.385. The van der Waals surface area contributed by atoms with Crippen LogP contribution in [0.3, 0.4) is 0 Å². The lowest BCUT2D eigenvalue weighted by atomic mass is 10.1. The first-order valence-electron chi connectivity index (χ1n) is 5.71. The van der Waals surface area contributed by atoms with E-state index in [9.17, 15) is 9.59 Å². The predicted octanol–water partition coefficient (Wildman–Crippen LogP) is 1.57. The summed E-state index contributed by atoms with van der Waals surface area (Å²) in [5.41, 5.74) is 1.12. The van der Waals surface area contributed by atoms with Crippen molar-refractivity contribution in [3.05, 3.63) is 35.4 Å². The second kappa shape index (κ2) is 6.03. The van der Waals surface area contributed by atoms with Crippen molar-refractivity contribution in [2.24, 2.45) is 0 Å². The van der Waals surface area contributed by atoms with Gasteiger partial charge in [0.15, 0.2) is 0 Å². The number of carbonyl (C=O) groups is 2. The first-order valence-corrected chi connectivity index (χ1v) is 5.71. The van der Waals surface area contributed by atoms with Gasteiger partial charge in [-0.05, 0) is 37.6 Å². The summed E-state index contributed by atoms with van der Waals surface area (Å²) in [5, 5.41) is 5.40. The minimum atomic E-state index is -0.154. The van der Waals surface area contributed by atoms with Gasteiger partial charge in [0, 0.05) is 24.2 Å². The standard InChI is InChI=1S/C13H18N2O2/c1-4-9(2)15-13(17)11-7-5-10(6-8-11)12(16)14-3/h5-9H,4H2,1-3H3,(H,14,16)(H,15,17)/t9-/m0/s1. The lowest BCUT2D eigenvalue weighted by molar-refractivity contribution is 0.0934. The molecule has 17 heavy (non-hydrogen) atoms. The molecule has 0 aromatic heterocycles. The minimum absolute atomic E-state index is 0.109. The maximum Gasteiger partial charge on any atom is 0.251 e. The molecule has 4 heteroatoms. The average Bonchev–Trinajstić information content (AvgIpc) is 2.37. The van der Waals surface area contributed by atoms with Gasteiger partial charge >= 0.3 is 0 Å². The quantitative estimate of drug-likeness (QED) is 0.831. The number of rotatable bonds is 4. The van der Waals surface area contributed by atoms with E-state index >= 15 is 0 Å². The molecule has 0 aliphatic carbocycles. The Kier molecular flexibility index (Phi) is 4.69. The molecule has 0 spiro atoms. The summed E-state index contributed by atoms with van der Waals surface area (Å²) >= 11 is 0. The molecule has 2 N–H and O–H groups in total. The molecular formula is C13H18N2O2. The Bertz CT molecular complexity index is 398. The zero-order valence-corrected chi connectivity index (χ0v) is 10.4. The van der Waals surface area contributed by atoms with E-state index in [1.54, 1.807) is 31.3 Å². The number of amides is 2. The van der Waals surface area contributed by atoms with E-state index in [-0.39, 0.29) is 17.9 Å². The fourth-order valence-electron chi connectivity index (χ4n) is 1.33. The highest BCUT2D eigenvalue weighted by Crippen LogP contribution is 2.05. The van der Waals surface area contributed by atoms with Gasteiger partial charge in [-0.25, -0.2) is 0 Å². The van der Waals surface area contributed by atoms with Crippen molar-refractivity contribution in [2.45, 2.75) is 26.3 Å². The van der Waals surface area contributed by atoms with Crippen molar-refractivity contribution in [1.29, 1.82) is 0 Å². The Balaban J connectivity index is 2.74. The van der Waals surface area contributed by atoms with Crippen LogP contribution < -0.4 is 10.6 Å². The molecule has 0 bridgehead atoms. The molecular weight excluding hydrogens is 216 g/mol. The SMILES string of the molecule is CC[C@H](C)NC(=O)c1ccc(C(=O)NC)cc1. The Morgan fingerprint density at radius 3 is 2.00 bits per heavy atom. The van der Waals surface area contributed by atoms with Gasteiger partial charge in [-0.3, -0.25) is 9.59 Å². The number of nitrogens with one attached hydrogen (secondary N) is 2. The highest BCUT2D eigenvalue weighted by molar-refractivity contribution is 5.97. The van der Waals surface area contributed by atoms with E-state index in [1.807, 2.05) is 13.8 Å². The molecule has 0 aliphatic heterocycles. The van der Waals surface area contributed by atoms with Gasteiger partial charge in [-0.1, -0.05) is 6.92 Å². The molecule has 0 unspecified atom stereocenters. The van der Waals surface area contributed by atoms with Crippen LogP contribution in [0, 0.1) is 0 Å². The van der Waals surface area contributed by atoms with Crippen LogP contribution in [0.2, 0.25) is 0 Å². The molecule has 0 fully saturated rings. The summed E-state index contributed by atoms with van der Waals surface area (Å²) < 4.78 is 0. The van der Waals surface area contributed by atoms with Crippen molar-refractivity contribution >= 4 is 11.8 Å². The van der Waals surface area contributed by atoms with Crippen LogP contribution in [0.4, 0.5) is 0 Å². The van der Waals surface area contributed by atoms with Gasteiger partial charge in [0.2, 0.25) is 0 Å². The third kappa shape index (κ3) is 3.59. The zero-order valence-electron chi connectivity index (χ0n) is 10.4. The van der Waals surface area contributed by atoms with Gasteiger partial charge in [0.05, 0.1) is 0 Å². The topological polar surface area (TPSA) is 58.2 Å². The molecule has 2 amide bonds. The third-order valence-corrected chi connectivity index (χ3v) is 2.63. The molecule has 1 atom stereocenters. The summed E-state index contributed by atoms with van der Waals surface area (Å²) in [6.45, 7) is 3.97. The van der Waals surface area contributed by atoms with Crippen LogP contribution in [-0.4, -0.2) is 24.9 Å². The van der Waals surface area contributed by atoms with Gasteiger partial charge in [0.1, 0.15) is 0 Å². The van der Waals surface area contributed by atoms with Crippen LogP contribution in [0.15, 0.2) is 24.3 Å². The molecule has 0 aliphatic rings. The summed E-state index contributed by atoms with van der Waals surface area (Å²) in [6, 6.07) is 6.75. The molecule has 0 heterocycles. The first-order chi connectivity index (χ1) is 8.08. The summed E-state index contributed by atoms with van der Waals surface area (Å²) in [5.74, 6) is -0.262. The van der Waals surface area contributed by atoms with Gasteiger partial charge in [-0.15, -0.1) is 0 Å². The van der Waals surface area contributed by atoms with Gasteiger partial charge in [0.25, 0.3) is 11.8 Å². The molecule has 1 rings (SSSR count). The highest BCUT2D eigenvalue weighted by atomic mass is 16.2. The van der Waals surface area contributed by atoms with E-state index < -0.39 is 0 Å². The molecule has 0 saturated heterocycles. The summed E-state index contributed by atoms with van der Waals surface area (Å²) in [4.78, 5) is 23.1. The zero-order chi connectivity index (χ0) is 12.8. The van der Waals surface area contributed by atoms with Crippen LogP contribution in [0.25, 0.3) is 0 Å². The third-order valence-electron chi connectivity index (χ3n) is 2.63. The smallest absolute Gasteiger partial charge is 0.251 e. The van der Waals surface area contributed by atoms with Crippen molar-refractivity contribution in [1.82, 2.24) is 10.6 Å². The van der Waals surface area contributed by atoms with Crippen molar-refractivity contribution in [3.8, 4) is 0 Å². The molecule has 1 aromatic rings. The monoisotopic (exact) mass is 234 g/mol. The Morgan fingerprint density at radius 2 is 1.59 bits per heavy atom. The number of carbonyl (C=O) groups excluding carboxylic acids is 2.